The molecule has 1 aromatic heterocycles. The van der Waals surface area contributed by atoms with Gasteiger partial charge >= 0.3 is 0 Å². The maximum Gasteiger partial charge on any atom is 0.197 e. The molecule has 9 aromatic carbocycles. The molecule has 61 heavy (non-hydrogen) atoms. The third kappa shape index (κ3) is 6.01. The fourth-order valence-electron chi connectivity index (χ4n) is 10.0. The van der Waals surface area contributed by atoms with Gasteiger partial charge in [0.25, 0.3) is 0 Å². The van der Waals surface area contributed by atoms with Gasteiger partial charge in [-0.15, -0.1) is 0 Å². The first-order chi connectivity index (χ1) is 30.0. The largest absolute Gasteiger partial charge is 0.311 e. The lowest BCUT2D eigenvalue weighted by Gasteiger charge is -2.37. The Labute approximate surface area is 360 Å². The van der Waals surface area contributed by atoms with Crippen LogP contribution in [0, 0.1) is 20.8 Å². The number of para-hydroxylation sites is 1. The van der Waals surface area contributed by atoms with Crippen molar-refractivity contribution in [3.8, 4) is 16.8 Å². The molecule has 0 amide bonds. The molecule has 0 saturated carbocycles. The third-order valence-electron chi connectivity index (χ3n) is 12.8. The number of nitrogens with zero attached hydrogens (tertiary/aromatic N) is 2. The van der Waals surface area contributed by atoms with Crippen molar-refractivity contribution in [3.63, 3.8) is 0 Å². The predicted octanol–water partition coefficient (Wildman–Crippen LogP) is 10.2. The van der Waals surface area contributed by atoms with Crippen LogP contribution in [-0.2, 0) is 0 Å². The summed E-state index contributed by atoms with van der Waals surface area (Å²) < 4.78 is 2.47. The first-order valence-electron chi connectivity index (χ1n) is 21.3. The van der Waals surface area contributed by atoms with Crippen molar-refractivity contribution in [2.75, 3.05) is 4.90 Å². The van der Waals surface area contributed by atoms with Gasteiger partial charge in [0, 0.05) is 39.1 Å². The van der Waals surface area contributed by atoms with Crippen molar-refractivity contribution in [2.24, 2.45) is 0 Å². The van der Waals surface area contributed by atoms with Crippen LogP contribution in [0.4, 0.5) is 17.1 Å². The molecule has 0 unspecified atom stereocenters. The summed E-state index contributed by atoms with van der Waals surface area (Å²) in [6.07, 6.45) is 0. The molecule has 1 radical (unpaired) electrons. The van der Waals surface area contributed by atoms with Crippen molar-refractivity contribution >= 4 is 85.9 Å². The fraction of sp³-hybridized carbons (Fsp3) is 0.0526. The molecule has 2 heterocycles. The molecule has 0 bridgehead atoms. The lowest BCUT2D eigenvalue weighted by Crippen LogP contribution is -2.74. The third-order valence-corrected chi connectivity index (χ3v) is 17.6. The van der Waals surface area contributed by atoms with E-state index in [1.54, 1.807) is 0 Å². The second-order valence-corrected chi connectivity index (χ2v) is 20.4. The summed E-state index contributed by atoms with van der Waals surface area (Å²) in [5, 5.41) is 8.02. The van der Waals surface area contributed by atoms with E-state index >= 15 is 0 Å². The molecule has 0 spiro atoms. The van der Waals surface area contributed by atoms with Crippen LogP contribution in [0.2, 0.25) is 0 Å². The van der Waals surface area contributed by atoms with E-state index in [2.05, 4.69) is 250 Å². The summed E-state index contributed by atoms with van der Waals surface area (Å²) in [5.74, 6) is 0. The van der Waals surface area contributed by atoms with E-state index in [0.29, 0.717) is 0 Å². The van der Waals surface area contributed by atoms with Crippen LogP contribution >= 0.6 is 0 Å². The number of hydrogen-bond acceptors (Lipinski definition) is 1. The first-order valence-corrected chi connectivity index (χ1v) is 23.3. The first kappa shape index (κ1) is 36.9. The van der Waals surface area contributed by atoms with Crippen molar-refractivity contribution in [1.82, 2.24) is 4.57 Å². The Morgan fingerprint density at radius 3 is 1.48 bits per heavy atom. The Hall–Kier alpha value is -7.14. The van der Waals surface area contributed by atoms with E-state index in [0.717, 1.165) is 11.4 Å². The van der Waals surface area contributed by atoms with Gasteiger partial charge in [-0.2, -0.15) is 0 Å². The van der Waals surface area contributed by atoms with Gasteiger partial charge in [0.1, 0.15) is 0 Å². The minimum Gasteiger partial charge on any atom is -0.311 e. The zero-order chi connectivity index (χ0) is 41.1. The van der Waals surface area contributed by atoms with Crippen molar-refractivity contribution in [1.29, 1.82) is 0 Å². The van der Waals surface area contributed by atoms with Gasteiger partial charge in [-0.1, -0.05) is 191 Å². The topological polar surface area (TPSA) is 8.17 Å². The molecule has 1 aliphatic rings. The number of anilines is 3. The standard InChI is InChI=1S/C57H44BN2Si/c1-39-27-33-53-50(35-39)51-36-40(2)28-34-54(51)59(53)44-37-41(3)56-55(38-44)60(57-49(25-16-26-52(57)58-56)42-17-8-4-9-18-42)43-29-31-48(32-30-43)61(45-19-10-5-11-20-45,46-21-12-6-13-22-46)47-23-14-7-15-24-47/h4-38H,1-3H3. The summed E-state index contributed by atoms with van der Waals surface area (Å²) in [6.45, 7) is 6.65. The molecule has 4 heteroatoms. The van der Waals surface area contributed by atoms with Crippen LogP contribution in [0.3, 0.4) is 0 Å². The van der Waals surface area contributed by atoms with Crippen LogP contribution in [0.1, 0.15) is 16.7 Å². The molecule has 0 N–H and O–H groups in total. The molecular formula is C57H44BN2Si. The number of aromatic nitrogens is 1. The van der Waals surface area contributed by atoms with E-state index in [-0.39, 0.29) is 0 Å². The van der Waals surface area contributed by atoms with E-state index in [4.69, 9.17) is 0 Å². The van der Waals surface area contributed by atoms with E-state index in [1.807, 2.05) is 0 Å². The fourth-order valence-corrected chi connectivity index (χ4v) is 14.8. The highest BCUT2D eigenvalue weighted by atomic mass is 28.3. The molecule has 0 atom stereocenters. The summed E-state index contributed by atoms with van der Waals surface area (Å²) >= 11 is 0. The van der Waals surface area contributed by atoms with Crippen molar-refractivity contribution < 1.29 is 0 Å². The highest BCUT2D eigenvalue weighted by Gasteiger charge is 2.41. The van der Waals surface area contributed by atoms with Gasteiger partial charge in [0.2, 0.25) is 0 Å². The number of aryl methyl sites for hydroxylation is 3. The van der Waals surface area contributed by atoms with Crippen LogP contribution in [0.15, 0.2) is 212 Å². The summed E-state index contributed by atoms with van der Waals surface area (Å²) in [6, 6.07) is 79.3. The van der Waals surface area contributed by atoms with Crippen molar-refractivity contribution in [2.45, 2.75) is 20.8 Å². The van der Waals surface area contributed by atoms with Crippen LogP contribution in [-0.4, -0.2) is 19.9 Å². The zero-order valence-corrected chi connectivity index (χ0v) is 35.7. The molecule has 0 fully saturated rings. The Morgan fingerprint density at radius 2 is 0.934 bits per heavy atom. The van der Waals surface area contributed by atoms with E-state index in [1.165, 1.54) is 92.7 Å². The molecule has 0 saturated heterocycles. The maximum absolute atomic E-state index is 2.72. The molecule has 0 aliphatic carbocycles. The van der Waals surface area contributed by atoms with E-state index < -0.39 is 8.07 Å². The van der Waals surface area contributed by atoms with Gasteiger partial charge in [0.05, 0.1) is 11.0 Å². The Bertz CT molecular complexity index is 3080. The highest BCUT2D eigenvalue weighted by Crippen LogP contribution is 2.43. The summed E-state index contributed by atoms with van der Waals surface area (Å²) in [4.78, 5) is 2.53. The van der Waals surface area contributed by atoms with Gasteiger partial charge in [0.15, 0.2) is 15.4 Å². The van der Waals surface area contributed by atoms with Gasteiger partial charge < -0.3 is 9.47 Å². The highest BCUT2D eigenvalue weighted by molar-refractivity contribution is 7.19. The molecular weight excluding hydrogens is 752 g/mol. The van der Waals surface area contributed by atoms with Gasteiger partial charge in [-0.3, -0.25) is 0 Å². The molecule has 1 aliphatic heterocycles. The molecule has 10 aromatic rings. The zero-order valence-electron chi connectivity index (χ0n) is 34.7. The normalized spacial score (nSPS) is 12.3. The van der Waals surface area contributed by atoms with E-state index in [9.17, 15) is 0 Å². The Morgan fingerprint density at radius 1 is 0.426 bits per heavy atom. The quantitative estimate of drug-likeness (QED) is 0.115. The van der Waals surface area contributed by atoms with Gasteiger partial charge in [-0.05, 0) is 95.6 Å². The minimum atomic E-state index is -2.72. The Balaban J connectivity index is 1.17. The maximum atomic E-state index is 2.53. The minimum absolute atomic E-state index is 1.13. The Kier molecular flexibility index (Phi) is 8.98. The average molecular weight is 796 g/mol. The smallest absolute Gasteiger partial charge is 0.197 e. The predicted molar refractivity (Wildman–Crippen MR) is 264 cm³/mol. The second kappa shape index (κ2) is 14.8. The number of benzene rings is 9. The lowest BCUT2D eigenvalue weighted by atomic mass is 9.58. The number of rotatable bonds is 7. The average Bonchev–Trinajstić information content (AvgIpc) is 3.62. The summed E-state index contributed by atoms with van der Waals surface area (Å²) in [7, 11) is -0.321. The van der Waals surface area contributed by atoms with Crippen LogP contribution < -0.4 is 36.6 Å². The number of hydrogen-bond donors (Lipinski definition) is 0. The van der Waals surface area contributed by atoms with Gasteiger partial charge in [-0.25, -0.2) is 0 Å². The SMILES string of the molecule is Cc1ccc2c(c1)c1cc(C)ccc1n2-c1cc(C)c2c(c1)N(c1ccc([Si](c3ccccc3)(c3ccccc3)c3ccccc3)cc1)c1c(cccc1-c1ccccc1)[B]2. The molecule has 11 rings (SSSR count). The monoisotopic (exact) mass is 795 g/mol. The molecule has 2 nitrogen and oxygen atoms in total. The molecule has 289 valence electrons. The summed E-state index contributed by atoms with van der Waals surface area (Å²) in [5.41, 5.74) is 15.7. The van der Waals surface area contributed by atoms with Crippen molar-refractivity contribution in [3.05, 3.63) is 229 Å². The number of fused-ring (bicyclic) bond motifs is 5. The second-order valence-electron chi connectivity index (χ2n) is 16.6. The van der Waals surface area contributed by atoms with Crippen LogP contribution in [0.25, 0.3) is 38.6 Å². The lowest BCUT2D eigenvalue weighted by molar-refractivity contribution is 1.16. The van der Waals surface area contributed by atoms with Crippen LogP contribution in [0.5, 0.6) is 0 Å².